The molecule has 0 aliphatic rings. The predicted octanol–water partition coefficient (Wildman–Crippen LogP) is 1.05. The number of ether oxygens (including phenoxy) is 3. The van der Waals surface area contributed by atoms with Gasteiger partial charge in [-0.1, -0.05) is 0 Å². The van der Waals surface area contributed by atoms with Gasteiger partial charge in [0.1, 0.15) is 0 Å². The van der Waals surface area contributed by atoms with Crippen LogP contribution in [0.5, 0.6) is 17.2 Å². The third-order valence-corrected chi connectivity index (χ3v) is 3.57. The van der Waals surface area contributed by atoms with Gasteiger partial charge < -0.3 is 24.7 Å². The molecule has 2 aromatic rings. The Hall–Kier alpha value is -2.81. The minimum absolute atomic E-state index is 0.126. The van der Waals surface area contributed by atoms with Crippen LogP contribution in [0.2, 0.25) is 0 Å². The summed E-state index contributed by atoms with van der Waals surface area (Å²) >= 11 is 0. The fourth-order valence-electron chi connectivity index (χ4n) is 2.29. The van der Waals surface area contributed by atoms with Crippen molar-refractivity contribution in [3.8, 4) is 17.2 Å². The van der Waals surface area contributed by atoms with E-state index < -0.39 is 5.23 Å². The molecule has 134 valence electrons. The molecule has 25 heavy (non-hydrogen) atoms. The molecule has 3 N–H and O–H groups in total. The van der Waals surface area contributed by atoms with Crippen molar-refractivity contribution in [3.05, 3.63) is 52.7 Å². The lowest BCUT2D eigenvalue weighted by Gasteiger charge is -2.14. The Morgan fingerprint density at radius 2 is 1.64 bits per heavy atom. The average Bonchev–Trinajstić information content (AvgIpc) is 2.64. The van der Waals surface area contributed by atoms with Crippen LogP contribution in [0.1, 0.15) is 15.9 Å². The Morgan fingerprint density at radius 1 is 1.08 bits per heavy atom. The molecule has 0 bridgehead atoms. The Labute approximate surface area is 145 Å². The number of rotatable bonds is 7. The van der Waals surface area contributed by atoms with E-state index in [1.54, 1.807) is 12.1 Å². The number of carbonyl (C=O) groups excluding carboxylic acids is 1. The van der Waals surface area contributed by atoms with Crippen molar-refractivity contribution in [2.45, 2.75) is 6.54 Å². The van der Waals surface area contributed by atoms with Crippen LogP contribution in [0, 0.1) is 5.21 Å². The first-order valence-electron chi connectivity index (χ1n) is 7.40. The summed E-state index contributed by atoms with van der Waals surface area (Å²) in [6.07, 6.45) is 0. The summed E-state index contributed by atoms with van der Waals surface area (Å²) in [5.41, 5.74) is 1.27. The monoisotopic (exact) mass is 348 g/mol. The van der Waals surface area contributed by atoms with Crippen LogP contribution in [0.25, 0.3) is 0 Å². The number of hydrogen-bond acceptors (Lipinski definition) is 6. The zero-order valence-corrected chi connectivity index (χ0v) is 14.2. The van der Waals surface area contributed by atoms with Gasteiger partial charge >= 0.3 is 0 Å². The van der Waals surface area contributed by atoms with Gasteiger partial charge in [0.15, 0.2) is 17.2 Å². The molecule has 1 unspecified atom stereocenters. The second kappa shape index (κ2) is 8.34. The number of nitrogens with one attached hydrogen (secondary N) is 2. The van der Waals surface area contributed by atoms with E-state index in [2.05, 4.69) is 5.32 Å². The maximum Gasteiger partial charge on any atom is 0.251 e. The molecule has 0 heterocycles. The minimum atomic E-state index is -1.04. The molecule has 0 aliphatic heterocycles. The van der Waals surface area contributed by atoms with Crippen molar-refractivity contribution >= 4 is 11.6 Å². The number of quaternary nitrogens is 1. The predicted molar refractivity (Wildman–Crippen MR) is 89.5 cm³/mol. The Balaban J connectivity index is 2.11. The molecule has 0 radical (unpaired) electrons. The Kier molecular flexibility index (Phi) is 6.18. The highest BCUT2D eigenvalue weighted by atomic mass is 16.8. The van der Waals surface area contributed by atoms with E-state index in [-0.39, 0.29) is 18.1 Å². The number of amides is 1. The molecule has 2 aromatic carbocycles. The van der Waals surface area contributed by atoms with E-state index in [1.165, 1.54) is 45.6 Å². The lowest BCUT2D eigenvalue weighted by Crippen LogP contribution is -2.99. The molecule has 0 spiro atoms. The van der Waals surface area contributed by atoms with E-state index in [0.29, 0.717) is 22.8 Å². The SMILES string of the molecule is COc1cc(CNC(=O)c2ccc([NH+]([O-])O)cc2)cc(OC)c1OC. The highest BCUT2D eigenvalue weighted by Crippen LogP contribution is 2.38. The second-order valence-corrected chi connectivity index (χ2v) is 5.10. The fraction of sp³-hybridized carbons (Fsp3) is 0.235. The van der Waals surface area contributed by atoms with Gasteiger partial charge in [-0.3, -0.25) is 4.79 Å². The third-order valence-electron chi connectivity index (χ3n) is 3.57. The highest BCUT2D eigenvalue weighted by Gasteiger charge is 2.14. The van der Waals surface area contributed by atoms with Crippen LogP contribution in [-0.2, 0) is 6.54 Å². The van der Waals surface area contributed by atoms with E-state index in [1.807, 2.05) is 0 Å². The quantitative estimate of drug-likeness (QED) is 0.646. The summed E-state index contributed by atoms with van der Waals surface area (Å²) in [7, 11) is 4.55. The summed E-state index contributed by atoms with van der Waals surface area (Å²) in [4.78, 5) is 12.2. The van der Waals surface area contributed by atoms with Gasteiger partial charge in [-0.25, -0.2) is 5.21 Å². The maximum atomic E-state index is 12.2. The highest BCUT2D eigenvalue weighted by molar-refractivity contribution is 5.94. The summed E-state index contributed by atoms with van der Waals surface area (Å²) in [5.74, 6) is 1.16. The van der Waals surface area contributed by atoms with Gasteiger partial charge in [0, 0.05) is 24.2 Å². The van der Waals surface area contributed by atoms with Gasteiger partial charge in [-0.15, -0.1) is 0 Å². The van der Waals surface area contributed by atoms with Crippen LogP contribution >= 0.6 is 0 Å². The van der Waals surface area contributed by atoms with Crippen LogP contribution in [0.15, 0.2) is 36.4 Å². The summed E-state index contributed by atoms with van der Waals surface area (Å²) in [6, 6.07) is 9.19. The van der Waals surface area contributed by atoms with Crippen molar-refractivity contribution in [1.29, 1.82) is 0 Å². The fourth-order valence-corrected chi connectivity index (χ4v) is 2.29. The van der Waals surface area contributed by atoms with Crippen molar-refractivity contribution < 1.29 is 29.4 Å². The first-order valence-corrected chi connectivity index (χ1v) is 7.40. The molecular formula is C17H20N2O6. The van der Waals surface area contributed by atoms with E-state index in [4.69, 9.17) is 19.4 Å². The topological polar surface area (TPSA) is 105 Å². The molecule has 0 fully saturated rings. The smallest absolute Gasteiger partial charge is 0.251 e. The minimum Gasteiger partial charge on any atom is -0.595 e. The van der Waals surface area contributed by atoms with Gasteiger partial charge in [0.05, 0.1) is 21.3 Å². The molecule has 0 saturated carbocycles. The zero-order valence-electron chi connectivity index (χ0n) is 14.2. The normalized spacial score (nSPS) is 11.6. The lowest BCUT2D eigenvalue weighted by atomic mass is 10.1. The standard InChI is InChI=1S/C17H20N2O6/c1-23-14-8-11(9-15(24-2)16(14)25-3)10-18-17(20)12-4-6-13(7-5-12)19(21)22/h4-9,19,21H,10H2,1-3H3,(H,18,20). The number of methoxy groups -OCH3 is 3. The second-order valence-electron chi connectivity index (χ2n) is 5.10. The first kappa shape index (κ1) is 18.5. The van der Waals surface area contributed by atoms with Crippen molar-refractivity contribution in [3.63, 3.8) is 0 Å². The van der Waals surface area contributed by atoms with Crippen LogP contribution in [0.4, 0.5) is 5.69 Å². The van der Waals surface area contributed by atoms with Gasteiger partial charge in [0.25, 0.3) is 5.91 Å². The summed E-state index contributed by atoms with van der Waals surface area (Å²) in [5, 5.41) is 21.4. The van der Waals surface area contributed by atoms with Crippen molar-refractivity contribution in [2.24, 2.45) is 0 Å². The van der Waals surface area contributed by atoms with E-state index in [9.17, 15) is 10.0 Å². The van der Waals surface area contributed by atoms with Gasteiger partial charge in [-0.2, -0.15) is 5.23 Å². The molecular weight excluding hydrogens is 328 g/mol. The molecule has 8 nitrogen and oxygen atoms in total. The maximum absolute atomic E-state index is 12.2. The van der Waals surface area contributed by atoms with Gasteiger partial charge in [-0.05, 0) is 29.8 Å². The summed E-state index contributed by atoms with van der Waals surface area (Å²) < 4.78 is 15.8. The molecule has 8 heteroatoms. The molecule has 0 aliphatic carbocycles. The number of benzene rings is 2. The van der Waals surface area contributed by atoms with Crippen molar-refractivity contribution in [1.82, 2.24) is 5.32 Å². The zero-order chi connectivity index (χ0) is 18.4. The van der Waals surface area contributed by atoms with Crippen LogP contribution < -0.4 is 24.8 Å². The molecule has 1 amide bonds. The van der Waals surface area contributed by atoms with Gasteiger partial charge in [0.2, 0.25) is 5.75 Å². The Bertz CT molecular complexity index is 705. The van der Waals surface area contributed by atoms with E-state index >= 15 is 0 Å². The number of carbonyl (C=O) groups is 1. The summed E-state index contributed by atoms with van der Waals surface area (Å²) in [6.45, 7) is 0.246. The van der Waals surface area contributed by atoms with Crippen LogP contribution in [-0.4, -0.2) is 32.4 Å². The largest absolute Gasteiger partial charge is 0.595 e. The third kappa shape index (κ3) is 4.38. The first-order chi connectivity index (χ1) is 12.0. The lowest BCUT2D eigenvalue weighted by molar-refractivity contribution is -0.991. The average molecular weight is 348 g/mol. The molecule has 0 aromatic heterocycles. The molecule has 1 atom stereocenters. The van der Waals surface area contributed by atoms with E-state index in [0.717, 1.165) is 5.56 Å². The van der Waals surface area contributed by atoms with Crippen molar-refractivity contribution in [2.75, 3.05) is 21.3 Å². The van der Waals surface area contributed by atoms with Crippen LogP contribution in [0.3, 0.4) is 0 Å². The molecule has 2 rings (SSSR count). The Morgan fingerprint density at radius 3 is 2.08 bits per heavy atom. The molecule has 0 saturated heterocycles. The number of hydrogen-bond donors (Lipinski definition) is 3.